The van der Waals surface area contributed by atoms with E-state index in [9.17, 15) is 9.90 Å². The first kappa shape index (κ1) is 19.6. The maximum atomic E-state index is 12.0. The lowest BCUT2D eigenvalue weighted by Crippen LogP contribution is -2.36. The summed E-state index contributed by atoms with van der Waals surface area (Å²) in [6.07, 6.45) is 1.00. The third kappa shape index (κ3) is 4.49. The molecule has 1 amide bonds. The molecule has 1 aromatic carbocycles. The van der Waals surface area contributed by atoms with E-state index in [4.69, 9.17) is 10.5 Å². The maximum absolute atomic E-state index is 12.0. The number of aromatic hydroxyl groups is 1. The molecule has 1 atom stereocenters. The number of nitrogens with one attached hydrogen (secondary N) is 2. The summed E-state index contributed by atoms with van der Waals surface area (Å²) >= 11 is 0. The molecule has 10 heteroatoms. The summed E-state index contributed by atoms with van der Waals surface area (Å²) in [5.41, 5.74) is 7.45. The number of azo groups is 1. The van der Waals surface area contributed by atoms with Crippen LogP contribution in [0.15, 0.2) is 64.2 Å². The van der Waals surface area contributed by atoms with Crippen LogP contribution in [0.4, 0.5) is 11.5 Å². The first-order chi connectivity index (χ1) is 14.6. The summed E-state index contributed by atoms with van der Waals surface area (Å²) in [6, 6.07) is 10.5. The third-order valence-corrected chi connectivity index (χ3v) is 4.85. The van der Waals surface area contributed by atoms with Crippen LogP contribution >= 0.6 is 0 Å². The Morgan fingerprint density at radius 3 is 2.63 bits per heavy atom. The molecule has 4 rings (SSSR count). The Morgan fingerprint density at radius 2 is 1.97 bits per heavy atom. The zero-order valence-corrected chi connectivity index (χ0v) is 16.3. The molecule has 156 valence electrons. The largest absolute Gasteiger partial charge is 0.508 e. The molecule has 2 aliphatic heterocycles. The molecule has 1 aromatic heterocycles. The molecule has 1 saturated heterocycles. The summed E-state index contributed by atoms with van der Waals surface area (Å²) in [4.78, 5) is 18.7. The Morgan fingerprint density at radius 1 is 1.20 bits per heavy atom. The monoisotopic (exact) mass is 409 g/mol. The molecule has 1 unspecified atom stereocenters. The number of rotatable bonds is 7. The standard InChI is InChI=1S/C20H23N7O3/c21-18(29)17-19(23-11-13-1-4-15(28)5-2-13)25-26-20(17)24-14-3-6-16(22-12-14)27-7-9-30-10-8-27/h1-6,12,20,23-24,28H,7-11H2,(H2,21,29). The molecule has 0 radical (unpaired) electrons. The van der Waals surface area contributed by atoms with E-state index in [2.05, 4.69) is 30.7 Å². The first-order valence-corrected chi connectivity index (χ1v) is 9.62. The Kier molecular flexibility index (Phi) is 5.75. The van der Waals surface area contributed by atoms with Crippen LogP contribution in [-0.4, -0.2) is 48.5 Å². The van der Waals surface area contributed by atoms with Crippen molar-refractivity contribution in [2.24, 2.45) is 16.0 Å². The summed E-state index contributed by atoms with van der Waals surface area (Å²) in [5, 5.41) is 23.8. The van der Waals surface area contributed by atoms with Crippen LogP contribution < -0.4 is 21.3 Å². The van der Waals surface area contributed by atoms with Crippen LogP contribution in [0.25, 0.3) is 0 Å². The van der Waals surface area contributed by atoms with E-state index < -0.39 is 12.1 Å². The van der Waals surface area contributed by atoms with Gasteiger partial charge in [0.1, 0.15) is 17.1 Å². The molecule has 10 nitrogen and oxygen atoms in total. The Bertz CT molecular complexity index is 951. The van der Waals surface area contributed by atoms with Gasteiger partial charge in [0, 0.05) is 19.6 Å². The average molecular weight is 409 g/mol. The number of carbonyl (C=O) groups is 1. The number of nitrogens with zero attached hydrogens (tertiary/aromatic N) is 4. The van der Waals surface area contributed by atoms with Gasteiger partial charge in [-0.1, -0.05) is 12.1 Å². The Labute approximate surface area is 173 Å². The van der Waals surface area contributed by atoms with E-state index in [0.717, 1.165) is 24.5 Å². The molecule has 0 aliphatic carbocycles. The van der Waals surface area contributed by atoms with E-state index in [1.54, 1.807) is 30.5 Å². The number of benzene rings is 1. The number of amides is 1. The molecule has 30 heavy (non-hydrogen) atoms. The van der Waals surface area contributed by atoms with Gasteiger partial charge in [0.05, 0.1) is 25.1 Å². The van der Waals surface area contributed by atoms with Crippen LogP contribution in [0.2, 0.25) is 0 Å². The molecule has 0 spiro atoms. The second kappa shape index (κ2) is 8.78. The summed E-state index contributed by atoms with van der Waals surface area (Å²) in [5.74, 6) is 0.780. The number of anilines is 2. The smallest absolute Gasteiger partial charge is 0.252 e. The van der Waals surface area contributed by atoms with Gasteiger partial charge in [-0.2, -0.15) is 5.11 Å². The van der Waals surface area contributed by atoms with Crippen LogP contribution in [-0.2, 0) is 16.1 Å². The predicted molar refractivity (Wildman–Crippen MR) is 111 cm³/mol. The molecular formula is C20H23N7O3. The summed E-state index contributed by atoms with van der Waals surface area (Å²) < 4.78 is 5.36. The molecule has 2 aliphatic rings. The number of carbonyl (C=O) groups excluding carboxylic acids is 1. The highest BCUT2D eigenvalue weighted by Crippen LogP contribution is 2.24. The Balaban J connectivity index is 1.42. The van der Waals surface area contributed by atoms with E-state index in [-0.39, 0.29) is 11.3 Å². The van der Waals surface area contributed by atoms with Crippen molar-refractivity contribution in [1.29, 1.82) is 0 Å². The fraction of sp³-hybridized carbons (Fsp3) is 0.300. The second-order valence-corrected chi connectivity index (χ2v) is 6.91. The number of nitrogens with two attached hydrogens (primary N) is 1. The van der Waals surface area contributed by atoms with E-state index in [1.807, 2.05) is 12.1 Å². The van der Waals surface area contributed by atoms with Crippen LogP contribution in [0, 0.1) is 0 Å². The number of phenols is 1. The van der Waals surface area contributed by atoms with Crippen molar-refractivity contribution in [3.05, 3.63) is 59.6 Å². The average Bonchev–Trinajstić information content (AvgIpc) is 3.17. The first-order valence-electron chi connectivity index (χ1n) is 9.62. The number of morpholine rings is 1. The number of aromatic nitrogens is 1. The van der Waals surface area contributed by atoms with Crippen molar-refractivity contribution in [3.63, 3.8) is 0 Å². The number of hydrogen-bond donors (Lipinski definition) is 4. The highest BCUT2D eigenvalue weighted by molar-refractivity contribution is 5.94. The number of pyridine rings is 1. The minimum absolute atomic E-state index is 0.189. The topological polar surface area (TPSA) is 137 Å². The minimum Gasteiger partial charge on any atom is -0.508 e. The number of primary amides is 1. The zero-order chi connectivity index (χ0) is 20.9. The van der Waals surface area contributed by atoms with Crippen molar-refractivity contribution in [2.75, 3.05) is 36.5 Å². The predicted octanol–water partition coefficient (Wildman–Crippen LogP) is 1.31. The van der Waals surface area contributed by atoms with Crippen LogP contribution in [0.5, 0.6) is 5.75 Å². The maximum Gasteiger partial charge on any atom is 0.252 e. The Hall–Kier alpha value is -3.66. The second-order valence-electron chi connectivity index (χ2n) is 6.91. The van der Waals surface area contributed by atoms with Gasteiger partial charge in [-0.05, 0) is 29.8 Å². The van der Waals surface area contributed by atoms with E-state index in [1.165, 1.54) is 0 Å². The van der Waals surface area contributed by atoms with Gasteiger partial charge in [0.25, 0.3) is 5.91 Å². The molecular weight excluding hydrogens is 386 g/mol. The number of phenolic OH excluding ortho intramolecular Hbond substituents is 1. The molecule has 3 heterocycles. The number of ether oxygens (including phenoxy) is 1. The molecule has 0 saturated carbocycles. The van der Waals surface area contributed by atoms with Gasteiger partial charge in [0.2, 0.25) is 0 Å². The lowest BCUT2D eigenvalue weighted by molar-refractivity contribution is -0.114. The highest BCUT2D eigenvalue weighted by atomic mass is 16.5. The van der Waals surface area contributed by atoms with Gasteiger partial charge in [0.15, 0.2) is 12.0 Å². The van der Waals surface area contributed by atoms with Gasteiger partial charge >= 0.3 is 0 Å². The van der Waals surface area contributed by atoms with Gasteiger partial charge in [-0.3, -0.25) is 4.79 Å². The molecule has 2 aromatic rings. The molecule has 5 N–H and O–H groups in total. The van der Waals surface area contributed by atoms with E-state index >= 15 is 0 Å². The fourth-order valence-electron chi connectivity index (χ4n) is 3.25. The number of hydrogen-bond acceptors (Lipinski definition) is 9. The van der Waals surface area contributed by atoms with Crippen molar-refractivity contribution in [1.82, 2.24) is 10.3 Å². The molecule has 1 fully saturated rings. The van der Waals surface area contributed by atoms with E-state index in [0.29, 0.717) is 31.3 Å². The van der Waals surface area contributed by atoms with Gasteiger partial charge in [-0.15, -0.1) is 5.11 Å². The molecule has 0 bridgehead atoms. The van der Waals surface area contributed by atoms with Crippen molar-refractivity contribution >= 4 is 17.4 Å². The fourth-order valence-corrected chi connectivity index (χ4v) is 3.25. The van der Waals surface area contributed by atoms with Crippen molar-refractivity contribution < 1.29 is 14.6 Å². The van der Waals surface area contributed by atoms with Gasteiger partial charge in [-0.25, -0.2) is 4.98 Å². The quantitative estimate of drug-likeness (QED) is 0.541. The normalized spacial score (nSPS) is 18.5. The highest BCUT2D eigenvalue weighted by Gasteiger charge is 2.28. The summed E-state index contributed by atoms with van der Waals surface area (Å²) in [6.45, 7) is 3.41. The van der Waals surface area contributed by atoms with Gasteiger partial charge < -0.3 is 31.1 Å². The SMILES string of the molecule is NC(=O)C1=C(NCc2ccc(O)cc2)N=NC1Nc1ccc(N2CCOCC2)nc1. The van der Waals surface area contributed by atoms with Crippen LogP contribution in [0.3, 0.4) is 0 Å². The van der Waals surface area contributed by atoms with Crippen molar-refractivity contribution in [3.8, 4) is 5.75 Å². The summed E-state index contributed by atoms with van der Waals surface area (Å²) in [7, 11) is 0. The minimum atomic E-state index is -0.694. The van der Waals surface area contributed by atoms with Crippen molar-refractivity contribution in [2.45, 2.75) is 12.7 Å². The lowest BCUT2D eigenvalue weighted by atomic mass is 10.1. The third-order valence-electron chi connectivity index (χ3n) is 4.85. The zero-order valence-electron chi connectivity index (χ0n) is 16.3. The lowest BCUT2D eigenvalue weighted by Gasteiger charge is -2.27. The van der Waals surface area contributed by atoms with Crippen LogP contribution in [0.1, 0.15) is 5.56 Å².